The first-order chi connectivity index (χ1) is 8.36. The third kappa shape index (κ3) is 1.98. The van der Waals surface area contributed by atoms with E-state index in [0.717, 1.165) is 6.54 Å². The second-order valence-corrected chi connectivity index (χ2v) is 5.04. The Labute approximate surface area is 103 Å². The number of benzene rings is 1. The van der Waals surface area contributed by atoms with Crippen LogP contribution in [0.3, 0.4) is 0 Å². The Morgan fingerprint density at radius 2 is 2.06 bits per heavy atom. The smallest absolute Gasteiger partial charge is 0.0480 e. The Morgan fingerprint density at radius 3 is 2.94 bits per heavy atom. The van der Waals surface area contributed by atoms with E-state index in [9.17, 15) is 0 Å². The molecule has 90 valence electrons. The highest BCUT2D eigenvalue weighted by Crippen LogP contribution is 2.27. The van der Waals surface area contributed by atoms with Gasteiger partial charge >= 0.3 is 0 Å². The standard InChI is InChI=1S/C15H20N2/c1-17-14-9-5-4-7-12(14)11-15(17)13-8-3-2-6-10-16-13/h4-5,7,9,11,13,16H,2-3,6,8,10H2,1H3/t13-/m0/s1. The molecule has 0 radical (unpaired) electrons. The molecule has 2 heterocycles. The van der Waals surface area contributed by atoms with Gasteiger partial charge in [-0.3, -0.25) is 0 Å². The minimum Gasteiger partial charge on any atom is -0.346 e. The van der Waals surface area contributed by atoms with Crippen molar-refractivity contribution >= 4 is 10.9 Å². The van der Waals surface area contributed by atoms with Crippen LogP contribution in [0.1, 0.15) is 37.4 Å². The number of nitrogens with zero attached hydrogens (tertiary/aromatic N) is 1. The highest BCUT2D eigenvalue weighted by molar-refractivity contribution is 5.81. The molecule has 2 nitrogen and oxygen atoms in total. The molecular formula is C15H20N2. The van der Waals surface area contributed by atoms with Crippen molar-refractivity contribution < 1.29 is 0 Å². The fourth-order valence-electron chi connectivity index (χ4n) is 2.93. The van der Waals surface area contributed by atoms with E-state index in [1.165, 1.54) is 42.3 Å². The molecule has 1 N–H and O–H groups in total. The minimum atomic E-state index is 0.537. The average molecular weight is 228 g/mol. The first kappa shape index (κ1) is 10.8. The number of fused-ring (bicyclic) bond motifs is 1. The van der Waals surface area contributed by atoms with Crippen LogP contribution in [0.25, 0.3) is 10.9 Å². The molecule has 1 aliphatic rings. The third-order valence-corrected chi connectivity index (χ3v) is 3.91. The van der Waals surface area contributed by atoms with E-state index in [1.54, 1.807) is 0 Å². The topological polar surface area (TPSA) is 17.0 Å². The highest BCUT2D eigenvalue weighted by Gasteiger charge is 2.17. The van der Waals surface area contributed by atoms with Crippen LogP contribution in [0.4, 0.5) is 0 Å². The van der Waals surface area contributed by atoms with Gasteiger partial charge in [0.1, 0.15) is 0 Å². The molecule has 2 heteroatoms. The summed E-state index contributed by atoms with van der Waals surface area (Å²) in [5, 5.41) is 5.04. The first-order valence-electron chi connectivity index (χ1n) is 6.64. The Hall–Kier alpha value is -1.28. The van der Waals surface area contributed by atoms with Gasteiger partial charge in [0.25, 0.3) is 0 Å². The SMILES string of the molecule is Cn1c([C@@H]2CCCCCN2)cc2ccccc21. The van der Waals surface area contributed by atoms with Gasteiger partial charge in [0.2, 0.25) is 0 Å². The number of aryl methyl sites for hydroxylation is 1. The summed E-state index contributed by atoms with van der Waals surface area (Å²) in [5.41, 5.74) is 2.78. The summed E-state index contributed by atoms with van der Waals surface area (Å²) in [5.74, 6) is 0. The molecule has 1 aromatic heterocycles. The monoisotopic (exact) mass is 228 g/mol. The summed E-state index contributed by atoms with van der Waals surface area (Å²) in [6.45, 7) is 1.16. The van der Waals surface area contributed by atoms with Gasteiger partial charge in [0.05, 0.1) is 0 Å². The lowest BCUT2D eigenvalue weighted by Crippen LogP contribution is -2.22. The van der Waals surface area contributed by atoms with E-state index in [4.69, 9.17) is 0 Å². The molecule has 3 rings (SSSR count). The molecule has 1 aromatic carbocycles. The maximum absolute atomic E-state index is 3.68. The molecular weight excluding hydrogens is 208 g/mol. The third-order valence-electron chi connectivity index (χ3n) is 3.91. The van der Waals surface area contributed by atoms with E-state index in [1.807, 2.05) is 0 Å². The van der Waals surface area contributed by atoms with Crippen molar-refractivity contribution in [3.8, 4) is 0 Å². The predicted molar refractivity (Wildman–Crippen MR) is 72.1 cm³/mol. The molecule has 17 heavy (non-hydrogen) atoms. The van der Waals surface area contributed by atoms with E-state index < -0.39 is 0 Å². The van der Waals surface area contributed by atoms with Crippen molar-refractivity contribution in [2.75, 3.05) is 6.54 Å². The summed E-state index contributed by atoms with van der Waals surface area (Å²) in [7, 11) is 2.18. The number of hydrogen-bond acceptors (Lipinski definition) is 1. The first-order valence-corrected chi connectivity index (χ1v) is 6.64. The summed E-state index contributed by atoms with van der Waals surface area (Å²) in [6.07, 6.45) is 5.30. The quantitative estimate of drug-likeness (QED) is 0.791. The number of nitrogens with one attached hydrogen (secondary N) is 1. The Bertz CT molecular complexity index is 505. The average Bonchev–Trinajstić information content (AvgIpc) is 2.57. The largest absolute Gasteiger partial charge is 0.346 e. The molecule has 0 unspecified atom stereocenters. The fraction of sp³-hybridized carbons (Fsp3) is 0.467. The van der Waals surface area contributed by atoms with Crippen molar-refractivity contribution in [2.45, 2.75) is 31.7 Å². The summed E-state index contributed by atoms with van der Waals surface area (Å²) >= 11 is 0. The molecule has 0 bridgehead atoms. The highest BCUT2D eigenvalue weighted by atomic mass is 15.0. The number of para-hydroxylation sites is 1. The lowest BCUT2D eigenvalue weighted by atomic mass is 10.1. The second-order valence-electron chi connectivity index (χ2n) is 5.04. The van der Waals surface area contributed by atoms with Crippen molar-refractivity contribution in [1.29, 1.82) is 0 Å². The molecule has 2 aromatic rings. The van der Waals surface area contributed by atoms with E-state index in [2.05, 4.69) is 47.3 Å². The number of hydrogen-bond donors (Lipinski definition) is 1. The van der Waals surface area contributed by atoms with Crippen LogP contribution in [0.5, 0.6) is 0 Å². The zero-order valence-corrected chi connectivity index (χ0v) is 10.4. The Balaban J connectivity index is 2.01. The van der Waals surface area contributed by atoms with E-state index in [0.29, 0.717) is 6.04 Å². The lowest BCUT2D eigenvalue weighted by molar-refractivity contribution is 0.509. The molecule has 0 amide bonds. The van der Waals surface area contributed by atoms with Crippen LogP contribution in [0, 0.1) is 0 Å². The normalized spacial score (nSPS) is 21.6. The summed E-state index contributed by atoms with van der Waals surface area (Å²) in [6, 6.07) is 11.5. The second kappa shape index (κ2) is 4.53. The van der Waals surface area contributed by atoms with Gasteiger partial charge in [-0.05, 0) is 36.9 Å². The van der Waals surface area contributed by atoms with Gasteiger partial charge in [-0.15, -0.1) is 0 Å². The van der Waals surface area contributed by atoms with Crippen LogP contribution in [0.15, 0.2) is 30.3 Å². The molecule has 1 aliphatic heterocycles. The fourth-order valence-corrected chi connectivity index (χ4v) is 2.93. The van der Waals surface area contributed by atoms with Crippen LogP contribution >= 0.6 is 0 Å². The van der Waals surface area contributed by atoms with Crippen LogP contribution in [0.2, 0.25) is 0 Å². The molecule has 0 saturated carbocycles. The summed E-state index contributed by atoms with van der Waals surface area (Å²) in [4.78, 5) is 0. The van der Waals surface area contributed by atoms with Gasteiger partial charge in [-0.2, -0.15) is 0 Å². The van der Waals surface area contributed by atoms with Crippen molar-refractivity contribution in [1.82, 2.24) is 9.88 Å². The molecule has 1 fully saturated rings. The van der Waals surface area contributed by atoms with Gasteiger partial charge in [0.15, 0.2) is 0 Å². The van der Waals surface area contributed by atoms with Gasteiger partial charge in [-0.25, -0.2) is 0 Å². The maximum atomic E-state index is 3.68. The molecule has 1 atom stereocenters. The van der Waals surface area contributed by atoms with Crippen molar-refractivity contribution in [3.63, 3.8) is 0 Å². The number of aromatic nitrogens is 1. The Morgan fingerprint density at radius 1 is 1.18 bits per heavy atom. The predicted octanol–water partition coefficient (Wildman–Crippen LogP) is 3.38. The molecule has 1 saturated heterocycles. The van der Waals surface area contributed by atoms with Gasteiger partial charge in [0, 0.05) is 24.3 Å². The zero-order valence-electron chi connectivity index (χ0n) is 10.4. The van der Waals surface area contributed by atoms with Crippen LogP contribution in [-0.4, -0.2) is 11.1 Å². The van der Waals surface area contributed by atoms with Crippen molar-refractivity contribution in [2.24, 2.45) is 7.05 Å². The number of rotatable bonds is 1. The van der Waals surface area contributed by atoms with E-state index in [-0.39, 0.29) is 0 Å². The molecule has 0 aliphatic carbocycles. The van der Waals surface area contributed by atoms with Gasteiger partial charge in [-0.1, -0.05) is 31.0 Å². The van der Waals surface area contributed by atoms with Crippen LogP contribution < -0.4 is 5.32 Å². The minimum absolute atomic E-state index is 0.537. The molecule has 0 spiro atoms. The summed E-state index contributed by atoms with van der Waals surface area (Å²) < 4.78 is 2.35. The van der Waals surface area contributed by atoms with E-state index >= 15 is 0 Å². The zero-order chi connectivity index (χ0) is 11.7. The van der Waals surface area contributed by atoms with Crippen molar-refractivity contribution in [3.05, 3.63) is 36.0 Å². The lowest BCUT2D eigenvalue weighted by Gasteiger charge is -2.17. The van der Waals surface area contributed by atoms with Crippen LogP contribution in [-0.2, 0) is 7.05 Å². The van der Waals surface area contributed by atoms with Gasteiger partial charge < -0.3 is 9.88 Å². The Kier molecular flexibility index (Phi) is 2.89. The maximum Gasteiger partial charge on any atom is 0.0480 e.